The van der Waals surface area contributed by atoms with Gasteiger partial charge in [0, 0.05) is 6.42 Å². The first-order chi connectivity index (χ1) is 12.6. The lowest BCUT2D eigenvalue weighted by Crippen LogP contribution is -2.41. The lowest BCUT2D eigenvalue weighted by Gasteiger charge is -2.38. The average molecular weight is 370 g/mol. The number of aliphatic carboxylic acids is 1. The van der Waals surface area contributed by atoms with Gasteiger partial charge >= 0.3 is 13.1 Å². The van der Waals surface area contributed by atoms with Crippen LogP contribution in [-0.4, -0.2) is 29.4 Å². The van der Waals surface area contributed by atoms with Crippen LogP contribution in [0.25, 0.3) is 0 Å². The summed E-state index contributed by atoms with van der Waals surface area (Å²) in [7, 11) is -0.303. The molecule has 27 heavy (non-hydrogen) atoms. The topological polar surface area (TPSA) is 55.8 Å². The third-order valence-corrected chi connectivity index (χ3v) is 7.62. The molecule has 1 aliphatic heterocycles. The molecule has 0 atom stereocenters. The van der Waals surface area contributed by atoms with Crippen molar-refractivity contribution < 1.29 is 19.2 Å². The molecule has 0 aromatic heterocycles. The molecule has 1 spiro atoms. The molecule has 1 aromatic rings. The Balaban J connectivity index is 1.52. The normalized spacial score (nSPS) is 31.3. The van der Waals surface area contributed by atoms with E-state index in [4.69, 9.17) is 14.4 Å². The molecule has 5 heteroatoms. The third kappa shape index (κ3) is 3.23. The molecule has 1 N–H and O–H groups in total. The van der Waals surface area contributed by atoms with Crippen molar-refractivity contribution in [2.24, 2.45) is 5.92 Å². The van der Waals surface area contributed by atoms with Crippen molar-refractivity contribution in [2.75, 3.05) is 0 Å². The second kappa shape index (κ2) is 6.35. The van der Waals surface area contributed by atoms with Gasteiger partial charge in [-0.15, -0.1) is 0 Å². The molecule has 1 saturated heterocycles. The van der Waals surface area contributed by atoms with Crippen molar-refractivity contribution in [1.82, 2.24) is 0 Å². The van der Waals surface area contributed by atoms with Gasteiger partial charge in [-0.3, -0.25) is 4.79 Å². The van der Waals surface area contributed by atoms with Crippen LogP contribution in [0.15, 0.2) is 18.2 Å². The van der Waals surface area contributed by atoms with Crippen LogP contribution in [0.5, 0.6) is 0 Å². The van der Waals surface area contributed by atoms with E-state index in [-0.39, 0.29) is 23.7 Å². The Bertz CT molecular complexity index is 731. The number of carbonyl (C=O) groups is 1. The van der Waals surface area contributed by atoms with Crippen LogP contribution in [0.4, 0.5) is 0 Å². The quantitative estimate of drug-likeness (QED) is 0.822. The van der Waals surface area contributed by atoms with Gasteiger partial charge < -0.3 is 14.4 Å². The number of aryl methyl sites for hydroxylation is 1. The second-order valence-corrected chi connectivity index (χ2v) is 9.83. The van der Waals surface area contributed by atoms with E-state index in [0.717, 1.165) is 37.6 Å². The summed E-state index contributed by atoms with van der Waals surface area (Å²) in [5.41, 5.74) is 3.65. The first-order valence-electron chi connectivity index (χ1n) is 10.3. The zero-order valence-electron chi connectivity index (χ0n) is 17.0. The van der Waals surface area contributed by atoms with E-state index in [2.05, 4.69) is 45.9 Å². The van der Waals surface area contributed by atoms with Crippen molar-refractivity contribution in [3.05, 3.63) is 29.3 Å². The Kier molecular flexibility index (Phi) is 4.47. The summed E-state index contributed by atoms with van der Waals surface area (Å²) < 4.78 is 12.4. The molecule has 4 rings (SSSR count). The van der Waals surface area contributed by atoms with Crippen molar-refractivity contribution in [2.45, 2.75) is 89.3 Å². The predicted octanol–water partition coefficient (Wildman–Crippen LogP) is 3.83. The minimum atomic E-state index is -0.658. The first kappa shape index (κ1) is 19.0. The molecule has 0 unspecified atom stereocenters. The standard InChI is InChI=1S/C22H31BO4/c1-20(2)21(3,4)27-23(26-20)17-5-6-18-16(14-17)9-12-22(18)10-7-15(8-11-22)13-19(24)25/h5-6,14-15H,7-13H2,1-4H3,(H,24,25)/t15-,22+. The Morgan fingerprint density at radius 1 is 1.11 bits per heavy atom. The molecule has 0 bridgehead atoms. The van der Waals surface area contributed by atoms with Crippen molar-refractivity contribution >= 4 is 18.6 Å². The van der Waals surface area contributed by atoms with Gasteiger partial charge in [-0.05, 0) is 94.1 Å². The molecule has 146 valence electrons. The maximum Gasteiger partial charge on any atom is 0.494 e. The van der Waals surface area contributed by atoms with Gasteiger partial charge in [-0.1, -0.05) is 18.2 Å². The van der Waals surface area contributed by atoms with Gasteiger partial charge in [0.25, 0.3) is 0 Å². The third-order valence-electron chi connectivity index (χ3n) is 7.62. The summed E-state index contributed by atoms with van der Waals surface area (Å²) in [6.07, 6.45) is 6.92. The molecule has 1 heterocycles. The minimum absolute atomic E-state index is 0.263. The van der Waals surface area contributed by atoms with E-state index in [0.29, 0.717) is 12.3 Å². The smallest absolute Gasteiger partial charge is 0.481 e. The van der Waals surface area contributed by atoms with Gasteiger partial charge in [-0.25, -0.2) is 0 Å². The molecular weight excluding hydrogens is 339 g/mol. The predicted molar refractivity (Wildman–Crippen MR) is 106 cm³/mol. The highest BCUT2D eigenvalue weighted by Gasteiger charge is 2.52. The number of hydrogen-bond acceptors (Lipinski definition) is 3. The number of fused-ring (bicyclic) bond motifs is 2. The van der Waals surface area contributed by atoms with Crippen LogP contribution in [0.2, 0.25) is 0 Å². The summed E-state index contributed by atoms with van der Waals surface area (Å²) in [6.45, 7) is 8.35. The summed E-state index contributed by atoms with van der Waals surface area (Å²) in [5, 5.41) is 9.06. The van der Waals surface area contributed by atoms with Gasteiger partial charge in [0.1, 0.15) is 0 Å². The van der Waals surface area contributed by atoms with Gasteiger partial charge in [0.15, 0.2) is 0 Å². The van der Waals surface area contributed by atoms with Crippen LogP contribution < -0.4 is 5.46 Å². The highest BCUT2D eigenvalue weighted by Crippen LogP contribution is 2.50. The number of rotatable bonds is 3. The summed E-state index contributed by atoms with van der Waals surface area (Å²) in [6, 6.07) is 6.76. The Morgan fingerprint density at radius 3 is 2.33 bits per heavy atom. The SMILES string of the molecule is CC1(C)OB(c2ccc3c(c2)CC[C@]32CC[C@H](CC(=O)O)CC2)OC1(C)C. The van der Waals surface area contributed by atoms with E-state index >= 15 is 0 Å². The maximum absolute atomic E-state index is 11.0. The monoisotopic (exact) mass is 370 g/mol. The van der Waals surface area contributed by atoms with Crippen molar-refractivity contribution in [1.29, 1.82) is 0 Å². The molecule has 1 saturated carbocycles. The fourth-order valence-electron chi connectivity index (χ4n) is 5.17. The van der Waals surface area contributed by atoms with Crippen molar-refractivity contribution in [3.8, 4) is 0 Å². The summed E-state index contributed by atoms with van der Waals surface area (Å²) in [5.74, 6) is -0.309. The molecule has 4 nitrogen and oxygen atoms in total. The lowest BCUT2D eigenvalue weighted by molar-refractivity contribution is -0.138. The van der Waals surface area contributed by atoms with Gasteiger partial charge in [-0.2, -0.15) is 0 Å². The molecule has 3 aliphatic rings. The summed E-state index contributed by atoms with van der Waals surface area (Å²) >= 11 is 0. The molecular formula is C22H31BO4. The maximum atomic E-state index is 11.0. The fraction of sp³-hybridized carbons (Fsp3) is 0.682. The first-order valence-corrected chi connectivity index (χ1v) is 10.3. The molecule has 2 aliphatic carbocycles. The van der Waals surface area contributed by atoms with Gasteiger partial charge in [0.2, 0.25) is 0 Å². The van der Waals surface area contributed by atoms with Crippen molar-refractivity contribution in [3.63, 3.8) is 0 Å². The van der Waals surface area contributed by atoms with E-state index in [1.54, 1.807) is 0 Å². The molecule has 0 radical (unpaired) electrons. The summed E-state index contributed by atoms with van der Waals surface area (Å²) in [4.78, 5) is 11.0. The Morgan fingerprint density at radius 2 is 1.74 bits per heavy atom. The molecule has 0 amide bonds. The van der Waals surface area contributed by atoms with E-state index < -0.39 is 5.97 Å². The molecule has 2 fully saturated rings. The van der Waals surface area contributed by atoms with E-state index in [1.807, 2.05) is 0 Å². The van der Waals surface area contributed by atoms with Crippen LogP contribution in [0.1, 0.15) is 77.3 Å². The van der Waals surface area contributed by atoms with E-state index in [1.165, 1.54) is 17.5 Å². The zero-order valence-corrected chi connectivity index (χ0v) is 17.0. The number of benzene rings is 1. The van der Waals surface area contributed by atoms with Crippen LogP contribution in [0.3, 0.4) is 0 Å². The number of carboxylic acids is 1. The Hall–Kier alpha value is -1.33. The average Bonchev–Trinajstić information content (AvgIpc) is 3.04. The van der Waals surface area contributed by atoms with Crippen LogP contribution >= 0.6 is 0 Å². The highest BCUT2D eigenvalue weighted by atomic mass is 16.7. The highest BCUT2D eigenvalue weighted by molar-refractivity contribution is 6.62. The minimum Gasteiger partial charge on any atom is -0.481 e. The van der Waals surface area contributed by atoms with E-state index in [9.17, 15) is 4.79 Å². The number of hydrogen-bond donors (Lipinski definition) is 1. The molecule has 1 aromatic carbocycles. The van der Waals surface area contributed by atoms with Crippen LogP contribution in [-0.2, 0) is 25.9 Å². The van der Waals surface area contributed by atoms with Crippen LogP contribution in [0, 0.1) is 5.92 Å². The number of carboxylic acid groups (broad SMARTS) is 1. The van der Waals surface area contributed by atoms with Gasteiger partial charge in [0.05, 0.1) is 11.2 Å². The largest absolute Gasteiger partial charge is 0.494 e. The lowest BCUT2D eigenvalue weighted by atomic mass is 9.66. The Labute approximate surface area is 162 Å². The second-order valence-electron chi connectivity index (χ2n) is 9.83. The fourth-order valence-corrected chi connectivity index (χ4v) is 5.17. The zero-order chi connectivity index (χ0) is 19.4.